The van der Waals surface area contributed by atoms with Crippen molar-refractivity contribution in [1.29, 1.82) is 0 Å². The number of benzene rings is 1. The number of rotatable bonds is 5. The maximum atomic E-state index is 6.38. The maximum absolute atomic E-state index is 6.38. The van der Waals surface area contributed by atoms with Crippen LogP contribution in [-0.4, -0.2) is 11.6 Å². The van der Waals surface area contributed by atoms with Gasteiger partial charge in [0.05, 0.1) is 12.6 Å². The Morgan fingerprint density at radius 3 is 2.74 bits per heavy atom. The molecule has 1 heterocycles. The Kier molecular flexibility index (Phi) is 4.53. The second-order valence-electron chi connectivity index (χ2n) is 4.60. The largest absolute Gasteiger partial charge is 0.493 e. The molecule has 1 aromatic carbocycles. The van der Waals surface area contributed by atoms with Gasteiger partial charge in [-0.1, -0.05) is 25.1 Å². The number of ether oxygens (including phenoxy) is 1. The van der Waals surface area contributed by atoms with Crippen molar-refractivity contribution in [2.45, 2.75) is 26.3 Å². The van der Waals surface area contributed by atoms with E-state index in [0.29, 0.717) is 6.61 Å². The van der Waals surface area contributed by atoms with Crippen LogP contribution in [0.15, 0.2) is 42.7 Å². The third-order valence-corrected chi connectivity index (χ3v) is 3.11. The first-order valence-corrected chi connectivity index (χ1v) is 6.62. The zero-order chi connectivity index (χ0) is 13.7. The van der Waals surface area contributed by atoms with Crippen molar-refractivity contribution < 1.29 is 4.74 Å². The van der Waals surface area contributed by atoms with Crippen molar-refractivity contribution in [3.63, 3.8) is 0 Å². The molecule has 0 spiro atoms. The highest BCUT2D eigenvalue weighted by atomic mass is 16.5. The minimum absolute atomic E-state index is 0.184. The van der Waals surface area contributed by atoms with E-state index in [4.69, 9.17) is 10.5 Å². The molecule has 1 aromatic heterocycles. The molecule has 3 nitrogen and oxygen atoms in total. The summed E-state index contributed by atoms with van der Waals surface area (Å²) >= 11 is 0. The number of pyridine rings is 1. The molecule has 1 atom stereocenters. The summed E-state index contributed by atoms with van der Waals surface area (Å²) in [5.74, 6) is 0.869. The molecule has 100 valence electrons. The van der Waals surface area contributed by atoms with E-state index in [-0.39, 0.29) is 6.04 Å². The first kappa shape index (κ1) is 13.6. The molecule has 0 aliphatic rings. The quantitative estimate of drug-likeness (QED) is 0.893. The second kappa shape index (κ2) is 6.34. The van der Waals surface area contributed by atoms with E-state index in [1.807, 2.05) is 43.5 Å². The van der Waals surface area contributed by atoms with Crippen molar-refractivity contribution >= 4 is 0 Å². The molecule has 0 amide bonds. The Morgan fingerprint density at radius 1 is 1.21 bits per heavy atom. The highest BCUT2D eigenvalue weighted by Crippen LogP contribution is 2.29. The summed E-state index contributed by atoms with van der Waals surface area (Å²) in [5, 5.41) is 0. The molecule has 0 bridgehead atoms. The average molecular weight is 256 g/mol. The molecular weight excluding hydrogens is 236 g/mol. The standard InChI is InChI=1S/C16H20N2O/c1-3-10-19-15-7-5-4-6-14(15)16(17)13-8-9-18-11-12(13)2/h4-9,11,16H,3,10,17H2,1-2H3. The summed E-state index contributed by atoms with van der Waals surface area (Å²) in [7, 11) is 0. The SMILES string of the molecule is CCCOc1ccccc1C(N)c1ccncc1C. The highest BCUT2D eigenvalue weighted by molar-refractivity contribution is 5.42. The number of hydrogen-bond acceptors (Lipinski definition) is 3. The van der Waals surface area contributed by atoms with Crippen molar-refractivity contribution in [1.82, 2.24) is 4.98 Å². The molecule has 0 aliphatic carbocycles. The number of nitrogens with two attached hydrogens (primary N) is 1. The van der Waals surface area contributed by atoms with Crippen LogP contribution in [0.25, 0.3) is 0 Å². The number of aromatic nitrogens is 1. The van der Waals surface area contributed by atoms with Crippen LogP contribution in [0.3, 0.4) is 0 Å². The van der Waals surface area contributed by atoms with Gasteiger partial charge in [0.25, 0.3) is 0 Å². The first-order chi connectivity index (χ1) is 9.24. The van der Waals surface area contributed by atoms with Crippen molar-refractivity contribution in [3.05, 3.63) is 59.4 Å². The topological polar surface area (TPSA) is 48.1 Å². The fraction of sp³-hybridized carbons (Fsp3) is 0.312. The van der Waals surface area contributed by atoms with Crippen molar-refractivity contribution in [3.8, 4) is 5.75 Å². The molecule has 2 rings (SSSR count). The minimum Gasteiger partial charge on any atom is -0.493 e. The van der Waals surface area contributed by atoms with Gasteiger partial charge in [-0.05, 0) is 36.6 Å². The third-order valence-electron chi connectivity index (χ3n) is 3.11. The number of hydrogen-bond donors (Lipinski definition) is 1. The Labute approximate surface area is 114 Å². The summed E-state index contributed by atoms with van der Waals surface area (Å²) in [6.45, 7) is 4.83. The maximum Gasteiger partial charge on any atom is 0.124 e. The van der Waals surface area contributed by atoms with Gasteiger partial charge in [-0.15, -0.1) is 0 Å². The van der Waals surface area contributed by atoms with Gasteiger partial charge < -0.3 is 10.5 Å². The van der Waals surface area contributed by atoms with Crippen LogP contribution in [0.2, 0.25) is 0 Å². The van der Waals surface area contributed by atoms with Gasteiger partial charge in [0.15, 0.2) is 0 Å². The van der Waals surface area contributed by atoms with E-state index in [9.17, 15) is 0 Å². The van der Waals surface area contributed by atoms with Gasteiger partial charge in [0.1, 0.15) is 5.75 Å². The van der Waals surface area contributed by atoms with E-state index < -0.39 is 0 Å². The predicted octanol–water partition coefficient (Wildman–Crippen LogP) is 3.23. The van der Waals surface area contributed by atoms with Crippen LogP contribution in [0.1, 0.15) is 36.1 Å². The molecule has 0 saturated carbocycles. The van der Waals surface area contributed by atoms with Gasteiger partial charge >= 0.3 is 0 Å². The van der Waals surface area contributed by atoms with Gasteiger partial charge in [-0.25, -0.2) is 0 Å². The van der Waals surface area contributed by atoms with E-state index in [1.54, 1.807) is 6.20 Å². The first-order valence-electron chi connectivity index (χ1n) is 6.62. The highest BCUT2D eigenvalue weighted by Gasteiger charge is 2.15. The lowest BCUT2D eigenvalue weighted by molar-refractivity contribution is 0.313. The Morgan fingerprint density at radius 2 is 2.00 bits per heavy atom. The molecule has 3 heteroatoms. The van der Waals surface area contributed by atoms with Crippen LogP contribution in [0.4, 0.5) is 0 Å². The molecule has 19 heavy (non-hydrogen) atoms. The molecule has 2 aromatic rings. The molecule has 0 aliphatic heterocycles. The summed E-state index contributed by atoms with van der Waals surface area (Å²) in [5.41, 5.74) is 9.58. The Bertz CT molecular complexity index is 540. The molecule has 0 fully saturated rings. The summed E-state index contributed by atoms with van der Waals surface area (Å²) in [6.07, 6.45) is 4.60. The normalized spacial score (nSPS) is 12.2. The van der Waals surface area contributed by atoms with Gasteiger partial charge in [-0.2, -0.15) is 0 Å². The van der Waals surface area contributed by atoms with Gasteiger partial charge in [0, 0.05) is 18.0 Å². The third kappa shape index (κ3) is 3.12. The van der Waals surface area contributed by atoms with Crippen LogP contribution in [0.5, 0.6) is 5.75 Å². The average Bonchev–Trinajstić information content (AvgIpc) is 2.45. The smallest absolute Gasteiger partial charge is 0.124 e. The molecule has 0 radical (unpaired) electrons. The molecule has 2 N–H and O–H groups in total. The van der Waals surface area contributed by atoms with E-state index in [0.717, 1.165) is 28.9 Å². The van der Waals surface area contributed by atoms with Crippen LogP contribution >= 0.6 is 0 Å². The Hall–Kier alpha value is -1.87. The Balaban J connectivity index is 2.33. The lowest BCUT2D eigenvalue weighted by Crippen LogP contribution is -2.15. The molecule has 1 unspecified atom stereocenters. The lowest BCUT2D eigenvalue weighted by atomic mass is 9.96. The van der Waals surface area contributed by atoms with Crippen molar-refractivity contribution in [2.75, 3.05) is 6.61 Å². The number of aryl methyl sites for hydroxylation is 1. The van der Waals surface area contributed by atoms with Crippen LogP contribution < -0.4 is 10.5 Å². The van der Waals surface area contributed by atoms with E-state index >= 15 is 0 Å². The van der Waals surface area contributed by atoms with E-state index in [1.165, 1.54) is 0 Å². The number of para-hydroxylation sites is 1. The monoisotopic (exact) mass is 256 g/mol. The zero-order valence-corrected chi connectivity index (χ0v) is 11.5. The lowest BCUT2D eigenvalue weighted by Gasteiger charge is -2.18. The number of nitrogens with zero attached hydrogens (tertiary/aromatic N) is 1. The van der Waals surface area contributed by atoms with Gasteiger partial charge in [0.2, 0.25) is 0 Å². The summed E-state index contributed by atoms with van der Waals surface area (Å²) in [4.78, 5) is 4.11. The van der Waals surface area contributed by atoms with Crippen LogP contribution in [0, 0.1) is 6.92 Å². The van der Waals surface area contributed by atoms with E-state index in [2.05, 4.69) is 11.9 Å². The summed E-state index contributed by atoms with van der Waals surface area (Å²) in [6, 6.07) is 9.75. The van der Waals surface area contributed by atoms with Crippen molar-refractivity contribution in [2.24, 2.45) is 5.73 Å². The van der Waals surface area contributed by atoms with Crippen LogP contribution in [-0.2, 0) is 0 Å². The predicted molar refractivity (Wildman–Crippen MR) is 77.2 cm³/mol. The zero-order valence-electron chi connectivity index (χ0n) is 11.5. The van der Waals surface area contributed by atoms with Gasteiger partial charge in [-0.3, -0.25) is 4.98 Å². The minimum atomic E-state index is -0.184. The fourth-order valence-electron chi connectivity index (χ4n) is 2.08. The molecule has 0 saturated heterocycles. The summed E-state index contributed by atoms with van der Waals surface area (Å²) < 4.78 is 5.77. The molecular formula is C16H20N2O. The fourth-order valence-corrected chi connectivity index (χ4v) is 2.08. The second-order valence-corrected chi connectivity index (χ2v) is 4.60.